The molecule has 1 aromatic heterocycles. The second kappa shape index (κ2) is 4.35. The first kappa shape index (κ1) is 12.2. The van der Waals surface area contributed by atoms with Gasteiger partial charge >= 0.3 is 5.97 Å². The zero-order valence-corrected chi connectivity index (χ0v) is 11.1. The summed E-state index contributed by atoms with van der Waals surface area (Å²) in [5.41, 5.74) is 2.09. The molecular formula is C14H17N3O2. The molecule has 0 radical (unpaired) electrons. The van der Waals surface area contributed by atoms with Gasteiger partial charge in [0.05, 0.1) is 16.6 Å². The summed E-state index contributed by atoms with van der Waals surface area (Å²) in [6, 6.07) is 5.61. The lowest BCUT2D eigenvalue weighted by Crippen LogP contribution is -2.17. The SMILES string of the molecule is Cc1nc2cc(C(=O)O)ccc2n1C1CCN(C)C1. The Bertz CT molecular complexity index is 647. The number of imidazole rings is 1. The highest BCUT2D eigenvalue weighted by Crippen LogP contribution is 2.27. The van der Waals surface area contributed by atoms with Crippen LogP contribution in [0.2, 0.25) is 0 Å². The normalized spacial score (nSPS) is 20.2. The van der Waals surface area contributed by atoms with Crippen molar-refractivity contribution in [3.63, 3.8) is 0 Å². The largest absolute Gasteiger partial charge is 0.478 e. The summed E-state index contributed by atoms with van der Waals surface area (Å²) in [5, 5.41) is 9.03. The summed E-state index contributed by atoms with van der Waals surface area (Å²) in [6.45, 7) is 4.10. The maximum Gasteiger partial charge on any atom is 0.335 e. The summed E-state index contributed by atoms with van der Waals surface area (Å²) in [7, 11) is 2.12. The average molecular weight is 259 g/mol. The van der Waals surface area contributed by atoms with Crippen molar-refractivity contribution in [1.82, 2.24) is 14.5 Å². The third-order valence-corrected chi connectivity index (χ3v) is 3.84. The van der Waals surface area contributed by atoms with Crippen LogP contribution in [0.1, 0.15) is 28.6 Å². The predicted octanol–water partition coefficient (Wildman–Crippen LogP) is 1.92. The van der Waals surface area contributed by atoms with Crippen molar-refractivity contribution < 1.29 is 9.90 Å². The van der Waals surface area contributed by atoms with Gasteiger partial charge < -0.3 is 14.6 Å². The number of nitrogens with zero attached hydrogens (tertiary/aromatic N) is 3. The highest BCUT2D eigenvalue weighted by Gasteiger charge is 2.24. The number of carboxylic acid groups (broad SMARTS) is 1. The van der Waals surface area contributed by atoms with Crippen LogP contribution < -0.4 is 0 Å². The van der Waals surface area contributed by atoms with Gasteiger partial charge in [-0.15, -0.1) is 0 Å². The molecule has 1 fully saturated rings. The Balaban J connectivity index is 2.10. The molecule has 0 saturated carbocycles. The second-order valence-electron chi connectivity index (χ2n) is 5.24. The van der Waals surface area contributed by atoms with Gasteiger partial charge in [-0.2, -0.15) is 0 Å². The molecule has 0 bridgehead atoms. The summed E-state index contributed by atoms with van der Waals surface area (Å²) in [6.07, 6.45) is 1.11. The van der Waals surface area contributed by atoms with Crippen LogP contribution in [0, 0.1) is 6.92 Å². The highest BCUT2D eigenvalue weighted by molar-refractivity contribution is 5.92. The molecule has 0 amide bonds. The van der Waals surface area contributed by atoms with E-state index in [-0.39, 0.29) is 0 Å². The third-order valence-electron chi connectivity index (χ3n) is 3.84. The van der Waals surface area contributed by atoms with Crippen molar-refractivity contribution in [1.29, 1.82) is 0 Å². The van der Waals surface area contributed by atoms with Crippen molar-refractivity contribution in [3.05, 3.63) is 29.6 Å². The number of hydrogen-bond donors (Lipinski definition) is 1. The minimum atomic E-state index is -0.908. The Morgan fingerprint density at radius 2 is 2.26 bits per heavy atom. The number of hydrogen-bond acceptors (Lipinski definition) is 3. The Kier molecular flexibility index (Phi) is 2.78. The van der Waals surface area contributed by atoms with E-state index in [0.717, 1.165) is 36.4 Å². The molecule has 100 valence electrons. The lowest BCUT2D eigenvalue weighted by molar-refractivity contribution is 0.0697. The predicted molar refractivity (Wildman–Crippen MR) is 72.6 cm³/mol. The smallest absolute Gasteiger partial charge is 0.335 e. The van der Waals surface area contributed by atoms with E-state index in [2.05, 4.69) is 21.5 Å². The molecule has 5 heteroatoms. The zero-order valence-electron chi connectivity index (χ0n) is 11.1. The number of aromatic carboxylic acids is 1. The maximum absolute atomic E-state index is 11.0. The van der Waals surface area contributed by atoms with E-state index < -0.39 is 5.97 Å². The minimum Gasteiger partial charge on any atom is -0.478 e. The third kappa shape index (κ3) is 2.00. The molecule has 1 atom stereocenters. The van der Waals surface area contributed by atoms with Gasteiger partial charge in [-0.25, -0.2) is 9.78 Å². The fourth-order valence-electron chi connectivity index (χ4n) is 2.94. The Hall–Kier alpha value is -1.88. The molecule has 1 aromatic carbocycles. The molecule has 1 aliphatic rings. The first-order valence-corrected chi connectivity index (χ1v) is 6.46. The molecule has 1 aliphatic heterocycles. The van der Waals surface area contributed by atoms with E-state index in [4.69, 9.17) is 5.11 Å². The van der Waals surface area contributed by atoms with Gasteiger partial charge in [-0.1, -0.05) is 0 Å². The van der Waals surface area contributed by atoms with Gasteiger partial charge in [-0.05, 0) is 45.1 Å². The molecule has 1 unspecified atom stereocenters. The van der Waals surface area contributed by atoms with Crippen LogP contribution >= 0.6 is 0 Å². The van der Waals surface area contributed by atoms with Crippen LogP contribution in [0.15, 0.2) is 18.2 Å². The van der Waals surface area contributed by atoms with Crippen molar-refractivity contribution in [2.75, 3.05) is 20.1 Å². The van der Waals surface area contributed by atoms with E-state index in [1.807, 2.05) is 13.0 Å². The number of rotatable bonds is 2. The molecule has 2 aromatic rings. The molecule has 1 N–H and O–H groups in total. The standard InChI is InChI=1S/C14H17N3O2/c1-9-15-12-7-10(14(18)19)3-4-13(12)17(9)11-5-6-16(2)8-11/h3-4,7,11H,5-6,8H2,1-2H3,(H,18,19). The zero-order chi connectivity index (χ0) is 13.6. The number of benzene rings is 1. The lowest BCUT2D eigenvalue weighted by atomic mass is 10.2. The van der Waals surface area contributed by atoms with Crippen LogP contribution in [0.3, 0.4) is 0 Å². The van der Waals surface area contributed by atoms with E-state index in [0.29, 0.717) is 11.6 Å². The number of likely N-dealkylation sites (tertiary alicyclic amines) is 1. The van der Waals surface area contributed by atoms with Crippen LogP contribution in [0.5, 0.6) is 0 Å². The van der Waals surface area contributed by atoms with Crippen LogP contribution in [0.25, 0.3) is 11.0 Å². The van der Waals surface area contributed by atoms with Crippen LogP contribution in [-0.4, -0.2) is 45.7 Å². The van der Waals surface area contributed by atoms with Gasteiger partial charge in [0, 0.05) is 12.6 Å². The Morgan fingerprint density at radius 3 is 2.89 bits per heavy atom. The lowest BCUT2D eigenvalue weighted by Gasteiger charge is -2.15. The van der Waals surface area contributed by atoms with Crippen molar-refractivity contribution >= 4 is 17.0 Å². The number of carboxylic acids is 1. The molecule has 1 saturated heterocycles. The van der Waals surface area contributed by atoms with E-state index >= 15 is 0 Å². The quantitative estimate of drug-likeness (QED) is 0.895. The first-order chi connectivity index (χ1) is 9.06. The van der Waals surface area contributed by atoms with Crippen molar-refractivity contribution in [2.24, 2.45) is 0 Å². The summed E-state index contributed by atoms with van der Waals surface area (Å²) in [4.78, 5) is 17.8. The molecule has 5 nitrogen and oxygen atoms in total. The Labute approximate surface area is 111 Å². The maximum atomic E-state index is 11.0. The molecule has 0 spiro atoms. The van der Waals surface area contributed by atoms with E-state index in [9.17, 15) is 4.79 Å². The van der Waals surface area contributed by atoms with Gasteiger partial charge in [0.15, 0.2) is 0 Å². The molecule has 3 rings (SSSR count). The molecule has 0 aliphatic carbocycles. The van der Waals surface area contributed by atoms with Crippen molar-refractivity contribution in [2.45, 2.75) is 19.4 Å². The summed E-state index contributed by atoms with van der Waals surface area (Å²) in [5.74, 6) is 0.0486. The fraction of sp³-hybridized carbons (Fsp3) is 0.429. The van der Waals surface area contributed by atoms with Crippen LogP contribution in [0.4, 0.5) is 0 Å². The van der Waals surface area contributed by atoms with Crippen molar-refractivity contribution in [3.8, 4) is 0 Å². The van der Waals surface area contributed by atoms with E-state index in [1.165, 1.54) is 0 Å². The van der Waals surface area contributed by atoms with E-state index in [1.54, 1.807) is 12.1 Å². The first-order valence-electron chi connectivity index (χ1n) is 6.46. The number of aromatic nitrogens is 2. The highest BCUT2D eigenvalue weighted by atomic mass is 16.4. The second-order valence-corrected chi connectivity index (χ2v) is 5.24. The summed E-state index contributed by atoms with van der Waals surface area (Å²) < 4.78 is 2.24. The Morgan fingerprint density at radius 1 is 1.47 bits per heavy atom. The van der Waals surface area contributed by atoms with Crippen LogP contribution in [-0.2, 0) is 0 Å². The number of carbonyl (C=O) groups is 1. The van der Waals surface area contributed by atoms with Gasteiger partial charge in [0.1, 0.15) is 5.82 Å². The van der Waals surface area contributed by atoms with Gasteiger partial charge in [0.25, 0.3) is 0 Å². The topological polar surface area (TPSA) is 58.4 Å². The molecular weight excluding hydrogens is 242 g/mol. The number of likely N-dealkylation sites (N-methyl/N-ethyl adjacent to an activating group) is 1. The number of fused-ring (bicyclic) bond motifs is 1. The molecule has 2 heterocycles. The van der Waals surface area contributed by atoms with Gasteiger partial charge in [-0.3, -0.25) is 0 Å². The van der Waals surface area contributed by atoms with Gasteiger partial charge in [0.2, 0.25) is 0 Å². The average Bonchev–Trinajstić information content (AvgIpc) is 2.90. The molecule has 19 heavy (non-hydrogen) atoms. The monoisotopic (exact) mass is 259 g/mol. The summed E-state index contributed by atoms with van der Waals surface area (Å²) >= 11 is 0. The fourth-order valence-corrected chi connectivity index (χ4v) is 2.94. The minimum absolute atomic E-state index is 0.292. The number of aryl methyl sites for hydroxylation is 1.